The molecule has 6 heteroatoms. The zero-order chi connectivity index (χ0) is 16.1. The summed E-state index contributed by atoms with van der Waals surface area (Å²) in [7, 11) is 1.93. The van der Waals surface area contributed by atoms with E-state index >= 15 is 0 Å². The molecule has 1 saturated carbocycles. The first kappa shape index (κ1) is 15.3. The van der Waals surface area contributed by atoms with Gasteiger partial charge in [-0.25, -0.2) is 4.79 Å². The van der Waals surface area contributed by atoms with E-state index in [1.165, 1.54) is 5.56 Å². The van der Waals surface area contributed by atoms with Crippen LogP contribution in [0.25, 0.3) is 0 Å². The van der Waals surface area contributed by atoms with Crippen molar-refractivity contribution in [2.75, 3.05) is 13.1 Å². The molecule has 0 radical (unpaired) electrons. The quantitative estimate of drug-likeness (QED) is 0.927. The fourth-order valence-corrected chi connectivity index (χ4v) is 3.30. The molecule has 1 N–H and O–H groups in total. The number of nitrogens with zero attached hydrogens (tertiary/aromatic N) is 3. The highest BCUT2D eigenvalue weighted by molar-refractivity contribution is 5.69. The molecule has 0 bridgehead atoms. The maximum absolute atomic E-state index is 12.1. The lowest BCUT2D eigenvalue weighted by atomic mass is 10.2. The van der Waals surface area contributed by atoms with E-state index in [9.17, 15) is 4.79 Å². The minimum atomic E-state index is -0.420. The molecule has 2 heterocycles. The van der Waals surface area contributed by atoms with E-state index < -0.39 is 5.60 Å². The molecule has 2 aliphatic rings. The molecule has 1 aliphatic carbocycles. The van der Waals surface area contributed by atoms with Gasteiger partial charge in [0.25, 0.3) is 0 Å². The molecule has 22 heavy (non-hydrogen) atoms. The number of hydrogen-bond donors (Lipinski definition) is 1. The molecule has 0 aromatic carbocycles. The van der Waals surface area contributed by atoms with Crippen LogP contribution in [-0.4, -0.2) is 45.5 Å². The largest absolute Gasteiger partial charge is 0.444 e. The van der Waals surface area contributed by atoms with Gasteiger partial charge in [0, 0.05) is 44.0 Å². The van der Waals surface area contributed by atoms with E-state index in [0.717, 1.165) is 13.1 Å². The van der Waals surface area contributed by atoms with Crippen molar-refractivity contribution in [2.45, 2.75) is 45.4 Å². The summed E-state index contributed by atoms with van der Waals surface area (Å²) in [6, 6.07) is 0.799. The first-order valence-electron chi connectivity index (χ1n) is 7.97. The number of ether oxygens (including phenoxy) is 1. The zero-order valence-corrected chi connectivity index (χ0v) is 14.0. The van der Waals surface area contributed by atoms with E-state index in [2.05, 4.69) is 17.3 Å². The van der Waals surface area contributed by atoms with Crippen LogP contribution in [0.4, 0.5) is 4.79 Å². The second-order valence-electron chi connectivity index (χ2n) is 7.57. The van der Waals surface area contributed by atoms with Crippen molar-refractivity contribution in [3.8, 4) is 0 Å². The summed E-state index contributed by atoms with van der Waals surface area (Å²) in [5.74, 6) is 1.12. The molecule has 122 valence electrons. The molecule has 6 nitrogen and oxygen atoms in total. The monoisotopic (exact) mass is 306 g/mol. The van der Waals surface area contributed by atoms with Gasteiger partial charge in [-0.05, 0) is 39.5 Å². The Morgan fingerprint density at radius 1 is 1.41 bits per heavy atom. The lowest BCUT2D eigenvalue weighted by Gasteiger charge is -2.26. The predicted molar refractivity (Wildman–Crippen MR) is 83.3 cm³/mol. The number of likely N-dealkylation sites (tertiary alicyclic amines) is 1. The number of fused-ring (bicyclic) bond motifs is 1. The molecule has 1 aromatic rings. The predicted octanol–water partition coefficient (Wildman–Crippen LogP) is 1.94. The second-order valence-corrected chi connectivity index (χ2v) is 7.57. The molecule has 3 atom stereocenters. The van der Waals surface area contributed by atoms with E-state index in [4.69, 9.17) is 4.74 Å². The van der Waals surface area contributed by atoms with Crippen LogP contribution in [-0.2, 0) is 11.8 Å². The minimum Gasteiger partial charge on any atom is -0.444 e. The van der Waals surface area contributed by atoms with E-state index in [0.29, 0.717) is 23.9 Å². The minimum absolute atomic E-state index is 0.182. The highest BCUT2D eigenvalue weighted by Gasteiger charge is 2.57. The molecule has 1 amide bonds. The normalized spacial score (nSPS) is 28.4. The third-order valence-corrected chi connectivity index (χ3v) is 4.51. The highest BCUT2D eigenvalue weighted by Crippen LogP contribution is 2.46. The number of aryl methyl sites for hydroxylation is 1. The molecular formula is C16H26N4O2. The Kier molecular flexibility index (Phi) is 3.67. The van der Waals surface area contributed by atoms with Gasteiger partial charge in [0.1, 0.15) is 5.60 Å². The van der Waals surface area contributed by atoms with Crippen molar-refractivity contribution in [2.24, 2.45) is 18.9 Å². The van der Waals surface area contributed by atoms with Crippen molar-refractivity contribution >= 4 is 6.09 Å². The Morgan fingerprint density at radius 3 is 2.55 bits per heavy atom. The first-order chi connectivity index (χ1) is 10.2. The second kappa shape index (κ2) is 5.26. The topological polar surface area (TPSA) is 59.4 Å². The van der Waals surface area contributed by atoms with Crippen LogP contribution < -0.4 is 5.32 Å². The van der Waals surface area contributed by atoms with Crippen LogP contribution in [0.2, 0.25) is 0 Å². The average molecular weight is 306 g/mol. The number of nitrogens with one attached hydrogen (secondary N) is 1. The number of aromatic nitrogens is 2. The molecule has 2 fully saturated rings. The van der Waals surface area contributed by atoms with Crippen LogP contribution in [0.3, 0.4) is 0 Å². The summed E-state index contributed by atoms with van der Waals surface area (Å²) in [6.45, 7) is 9.48. The van der Waals surface area contributed by atoms with Gasteiger partial charge in [0.2, 0.25) is 0 Å². The molecule has 0 spiro atoms. The van der Waals surface area contributed by atoms with Crippen LogP contribution in [0.15, 0.2) is 12.4 Å². The fraction of sp³-hybridized carbons (Fsp3) is 0.750. The maximum Gasteiger partial charge on any atom is 0.410 e. The molecule has 1 aliphatic heterocycles. The van der Waals surface area contributed by atoms with Gasteiger partial charge in [-0.1, -0.05) is 0 Å². The van der Waals surface area contributed by atoms with Crippen LogP contribution >= 0.6 is 0 Å². The number of carbonyl (C=O) groups is 1. The van der Waals surface area contributed by atoms with Crippen molar-refractivity contribution < 1.29 is 9.53 Å². The van der Waals surface area contributed by atoms with Crippen LogP contribution in [0, 0.1) is 11.8 Å². The van der Waals surface area contributed by atoms with Gasteiger partial charge in [0.15, 0.2) is 0 Å². The van der Waals surface area contributed by atoms with Crippen molar-refractivity contribution in [1.29, 1.82) is 0 Å². The van der Waals surface area contributed by atoms with Crippen molar-refractivity contribution in [3.05, 3.63) is 18.0 Å². The smallest absolute Gasteiger partial charge is 0.410 e. The average Bonchev–Trinajstić information content (AvgIpc) is 2.83. The number of rotatable bonds is 3. The highest BCUT2D eigenvalue weighted by atomic mass is 16.6. The molecule has 1 aromatic heterocycles. The van der Waals surface area contributed by atoms with E-state index in [1.54, 1.807) is 0 Å². The lowest BCUT2D eigenvalue weighted by molar-refractivity contribution is 0.0269. The Morgan fingerprint density at radius 2 is 2.05 bits per heavy atom. The standard InChI is InChI=1S/C16H26N4O2/c1-10(11-6-17-19(5)7-11)18-14-12-8-20(9-13(12)14)15(21)22-16(2,3)4/h6-7,10,12-14,18H,8-9H2,1-5H3. The Hall–Kier alpha value is -1.56. The van der Waals surface area contributed by atoms with Gasteiger partial charge in [-0.3, -0.25) is 4.68 Å². The lowest BCUT2D eigenvalue weighted by Crippen LogP contribution is -2.39. The molecule has 3 rings (SSSR count). The number of hydrogen-bond acceptors (Lipinski definition) is 4. The first-order valence-corrected chi connectivity index (χ1v) is 7.97. The van der Waals surface area contributed by atoms with Gasteiger partial charge in [-0.15, -0.1) is 0 Å². The summed E-state index contributed by atoms with van der Waals surface area (Å²) in [5, 5.41) is 7.88. The number of carbonyl (C=O) groups excluding carboxylic acids is 1. The van der Waals surface area contributed by atoms with Gasteiger partial charge < -0.3 is 15.0 Å². The Labute approximate surface area is 131 Å². The van der Waals surface area contributed by atoms with Crippen molar-refractivity contribution in [1.82, 2.24) is 20.0 Å². The summed E-state index contributed by atoms with van der Waals surface area (Å²) in [5.41, 5.74) is 0.785. The van der Waals surface area contributed by atoms with E-state index in [1.807, 2.05) is 49.8 Å². The number of amides is 1. The fourth-order valence-electron chi connectivity index (χ4n) is 3.30. The van der Waals surface area contributed by atoms with E-state index in [-0.39, 0.29) is 6.09 Å². The van der Waals surface area contributed by atoms with Gasteiger partial charge in [-0.2, -0.15) is 5.10 Å². The zero-order valence-electron chi connectivity index (χ0n) is 14.0. The van der Waals surface area contributed by atoms with Crippen LogP contribution in [0.1, 0.15) is 39.3 Å². The Balaban J connectivity index is 1.48. The third kappa shape index (κ3) is 3.11. The summed E-state index contributed by atoms with van der Waals surface area (Å²) in [4.78, 5) is 13.9. The SMILES string of the molecule is CC(NC1C2CN(C(=O)OC(C)(C)C)CC21)c1cnn(C)c1. The maximum atomic E-state index is 12.1. The van der Waals surface area contributed by atoms with Crippen LogP contribution in [0.5, 0.6) is 0 Å². The summed E-state index contributed by atoms with van der Waals surface area (Å²) in [6.07, 6.45) is 3.77. The Bertz CT molecular complexity index is 551. The molecule has 1 saturated heterocycles. The molecule has 3 unspecified atom stereocenters. The summed E-state index contributed by atoms with van der Waals surface area (Å²) < 4.78 is 7.26. The van der Waals surface area contributed by atoms with Crippen molar-refractivity contribution in [3.63, 3.8) is 0 Å². The van der Waals surface area contributed by atoms with Gasteiger partial charge in [0.05, 0.1) is 6.20 Å². The van der Waals surface area contributed by atoms with Gasteiger partial charge >= 0.3 is 6.09 Å². The molecular weight excluding hydrogens is 280 g/mol. The number of piperidine rings is 1. The summed E-state index contributed by atoms with van der Waals surface area (Å²) >= 11 is 0. The third-order valence-electron chi connectivity index (χ3n) is 4.51.